The third-order valence-corrected chi connectivity index (χ3v) is 2.12. The summed E-state index contributed by atoms with van der Waals surface area (Å²) < 4.78 is 6.79. The van der Waals surface area contributed by atoms with Gasteiger partial charge in [-0.05, 0) is 19.1 Å². The Kier molecular flexibility index (Phi) is 2.37. The first-order valence-electron chi connectivity index (χ1n) is 4.59. The van der Waals surface area contributed by atoms with Crippen molar-refractivity contribution in [2.45, 2.75) is 6.92 Å². The second-order valence-corrected chi connectivity index (χ2v) is 3.26. The third-order valence-electron chi connectivity index (χ3n) is 2.12. The molecule has 5 nitrogen and oxygen atoms in total. The molecule has 0 aliphatic carbocycles. The van der Waals surface area contributed by atoms with E-state index in [4.69, 9.17) is 4.74 Å². The highest BCUT2D eigenvalue weighted by molar-refractivity contribution is 5.54. The molecule has 0 radical (unpaired) electrons. The van der Waals surface area contributed by atoms with Gasteiger partial charge in [-0.15, -0.1) is 5.10 Å². The molecule has 0 N–H and O–H groups in total. The van der Waals surface area contributed by atoms with Crippen LogP contribution in [-0.4, -0.2) is 27.1 Å². The van der Waals surface area contributed by atoms with Gasteiger partial charge in [-0.2, -0.15) is 0 Å². The molecule has 5 heteroatoms. The fourth-order valence-electron chi connectivity index (χ4n) is 1.37. The fraction of sp³-hybridized carbons (Fsp3) is 0.300. The molecular weight excluding hydrogens is 192 g/mol. The standard InChI is InChI=1S/C10H12N4O/c1-7-10(15-3)5-4-8(11-7)9-6-14(2)13-12-9/h4-6H,1-3H3. The molecule has 2 aromatic heterocycles. The lowest BCUT2D eigenvalue weighted by atomic mass is 10.2. The molecule has 0 saturated heterocycles. The minimum Gasteiger partial charge on any atom is -0.495 e. The second kappa shape index (κ2) is 3.68. The lowest BCUT2D eigenvalue weighted by Crippen LogP contribution is -1.92. The first-order chi connectivity index (χ1) is 7.20. The quantitative estimate of drug-likeness (QED) is 0.737. The summed E-state index contributed by atoms with van der Waals surface area (Å²) in [4.78, 5) is 4.39. The predicted molar refractivity (Wildman–Crippen MR) is 55.5 cm³/mol. The van der Waals surface area contributed by atoms with Gasteiger partial charge in [0.1, 0.15) is 11.4 Å². The molecule has 0 amide bonds. The molecule has 2 heterocycles. The number of hydrogen-bond donors (Lipinski definition) is 0. The monoisotopic (exact) mass is 204 g/mol. The van der Waals surface area contributed by atoms with E-state index in [0.29, 0.717) is 0 Å². The van der Waals surface area contributed by atoms with E-state index in [9.17, 15) is 0 Å². The van der Waals surface area contributed by atoms with Crippen LogP contribution in [0.2, 0.25) is 0 Å². The number of aryl methyl sites for hydroxylation is 2. The Hall–Kier alpha value is -1.91. The number of rotatable bonds is 2. The molecule has 0 saturated carbocycles. The van der Waals surface area contributed by atoms with Crippen LogP contribution in [0, 0.1) is 6.92 Å². The highest BCUT2D eigenvalue weighted by Gasteiger charge is 2.06. The van der Waals surface area contributed by atoms with Gasteiger partial charge in [-0.3, -0.25) is 4.68 Å². The van der Waals surface area contributed by atoms with Crippen LogP contribution >= 0.6 is 0 Å². The van der Waals surface area contributed by atoms with Crippen LogP contribution < -0.4 is 4.74 Å². The van der Waals surface area contributed by atoms with Crippen LogP contribution in [0.3, 0.4) is 0 Å². The molecule has 15 heavy (non-hydrogen) atoms. The van der Waals surface area contributed by atoms with Crippen LogP contribution in [0.1, 0.15) is 5.69 Å². The summed E-state index contributed by atoms with van der Waals surface area (Å²) in [5.74, 6) is 0.780. The van der Waals surface area contributed by atoms with Crippen molar-refractivity contribution in [1.29, 1.82) is 0 Å². The minimum absolute atomic E-state index is 0.767. The normalized spacial score (nSPS) is 10.3. The summed E-state index contributed by atoms with van der Waals surface area (Å²) >= 11 is 0. The van der Waals surface area contributed by atoms with Crippen molar-refractivity contribution in [3.05, 3.63) is 24.0 Å². The number of aromatic nitrogens is 4. The lowest BCUT2D eigenvalue weighted by molar-refractivity contribution is 0.409. The maximum absolute atomic E-state index is 5.14. The van der Waals surface area contributed by atoms with E-state index in [-0.39, 0.29) is 0 Å². The first-order valence-corrected chi connectivity index (χ1v) is 4.59. The van der Waals surface area contributed by atoms with Gasteiger partial charge in [0.25, 0.3) is 0 Å². The third kappa shape index (κ3) is 1.81. The predicted octanol–water partition coefficient (Wildman–Crippen LogP) is 1.19. The van der Waals surface area contributed by atoms with Crippen molar-refractivity contribution in [3.8, 4) is 17.1 Å². The largest absolute Gasteiger partial charge is 0.495 e. The molecule has 0 aliphatic heterocycles. The van der Waals surface area contributed by atoms with Gasteiger partial charge < -0.3 is 4.74 Å². The zero-order valence-corrected chi connectivity index (χ0v) is 8.93. The van der Waals surface area contributed by atoms with Crippen molar-refractivity contribution in [2.75, 3.05) is 7.11 Å². The number of ether oxygens (including phenoxy) is 1. The summed E-state index contributed by atoms with van der Waals surface area (Å²) in [5, 5.41) is 7.85. The molecule has 0 aliphatic rings. The number of methoxy groups -OCH3 is 1. The second-order valence-electron chi connectivity index (χ2n) is 3.26. The topological polar surface area (TPSA) is 52.8 Å². The SMILES string of the molecule is COc1ccc(-c2cn(C)nn2)nc1C. The van der Waals surface area contributed by atoms with E-state index in [2.05, 4.69) is 15.3 Å². The molecule has 78 valence electrons. The van der Waals surface area contributed by atoms with Crippen molar-refractivity contribution >= 4 is 0 Å². The Morgan fingerprint density at radius 3 is 2.60 bits per heavy atom. The average Bonchev–Trinajstić information content (AvgIpc) is 2.65. The Labute approximate surface area is 87.7 Å². The highest BCUT2D eigenvalue weighted by atomic mass is 16.5. The van der Waals surface area contributed by atoms with E-state index in [0.717, 1.165) is 22.8 Å². The van der Waals surface area contributed by atoms with E-state index < -0.39 is 0 Å². The first kappa shape index (κ1) is 9.64. The summed E-state index contributed by atoms with van der Waals surface area (Å²) in [6.07, 6.45) is 1.83. The zero-order valence-electron chi connectivity index (χ0n) is 8.93. The van der Waals surface area contributed by atoms with Crippen LogP contribution in [-0.2, 0) is 7.05 Å². The molecule has 0 bridgehead atoms. The molecule has 2 aromatic rings. The Morgan fingerprint density at radius 2 is 2.07 bits per heavy atom. The smallest absolute Gasteiger partial charge is 0.140 e. The van der Waals surface area contributed by atoms with Crippen LogP contribution in [0.4, 0.5) is 0 Å². The van der Waals surface area contributed by atoms with Crippen molar-refractivity contribution in [3.63, 3.8) is 0 Å². The molecule has 0 unspecified atom stereocenters. The van der Waals surface area contributed by atoms with Gasteiger partial charge in [0.2, 0.25) is 0 Å². The Bertz CT molecular complexity index is 478. The van der Waals surface area contributed by atoms with Gasteiger partial charge in [-0.25, -0.2) is 4.98 Å². The summed E-state index contributed by atoms with van der Waals surface area (Å²) in [5.41, 5.74) is 2.42. The van der Waals surface area contributed by atoms with Crippen LogP contribution in [0.15, 0.2) is 18.3 Å². The summed E-state index contributed by atoms with van der Waals surface area (Å²) in [6, 6.07) is 3.75. The average molecular weight is 204 g/mol. The van der Waals surface area contributed by atoms with Gasteiger partial charge in [0.15, 0.2) is 0 Å². The van der Waals surface area contributed by atoms with E-state index in [1.54, 1.807) is 11.8 Å². The van der Waals surface area contributed by atoms with Crippen LogP contribution in [0.25, 0.3) is 11.4 Å². The Balaban J connectivity index is 2.42. The number of pyridine rings is 1. The van der Waals surface area contributed by atoms with E-state index >= 15 is 0 Å². The van der Waals surface area contributed by atoms with Gasteiger partial charge in [-0.1, -0.05) is 5.21 Å². The number of nitrogens with zero attached hydrogens (tertiary/aromatic N) is 4. The molecule has 0 aromatic carbocycles. The van der Waals surface area contributed by atoms with Crippen molar-refractivity contribution < 1.29 is 4.74 Å². The molecule has 0 fully saturated rings. The van der Waals surface area contributed by atoms with E-state index in [1.165, 1.54) is 0 Å². The molecular formula is C10H12N4O. The summed E-state index contributed by atoms with van der Waals surface area (Å²) in [7, 11) is 3.46. The maximum Gasteiger partial charge on any atom is 0.140 e. The van der Waals surface area contributed by atoms with Crippen LogP contribution in [0.5, 0.6) is 5.75 Å². The van der Waals surface area contributed by atoms with Crippen molar-refractivity contribution in [1.82, 2.24) is 20.0 Å². The fourth-order valence-corrected chi connectivity index (χ4v) is 1.37. The molecule has 0 atom stereocenters. The van der Waals surface area contributed by atoms with Crippen molar-refractivity contribution in [2.24, 2.45) is 7.05 Å². The number of hydrogen-bond acceptors (Lipinski definition) is 4. The zero-order chi connectivity index (χ0) is 10.8. The molecule has 2 rings (SSSR count). The molecule has 0 spiro atoms. The maximum atomic E-state index is 5.14. The van der Waals surface area contributed by atoms with Gasteiger partial charge in [0, 0.05) is 7.05 Å². The minimum atomic E-state index is 0.767. The summed E-state index contributed by atoms with van der Waals surface area (Å²) in [6.45, 7) is 1.90. The lowest BCUT2D eigenvalue weighted by Gasteiger charge is -2.04. The Morgan fingerprint density at radius 1 is 1.27 bits per heavy atom. The van der Waals surface area contributed by atoms with Gasteiger partial charge >= 0.3 is 0 Å². The van der Waals surface area contributed by atoms with Gasteiger partial charge in [0.05, 0.1) is 24.7 Å². The van der Waals surface area contributed by atoms with E-state index in [1.807, 2.05) is 32.3 Å². The highest BCUT2D eigenvalue weighted by Crippen LogP contribution is 2.20.